The van der Waals surface area contributed by atoms with Gasteiger partial charge in [0.2, 0.25) is 11.8 Å². The van der Waals surface area contributed by atoms with E-state index in [1.807, 2.05) is 152 Å². The predicted molar refractivity (Wildman–Crippen MR) is 233 cm³/mol. The van der Waals surface area contributed by atoms with Crippen molar-refractivity contribution in [1.82, 2.24) is 10.6 Å². The van der Waals surface area contributed by atoms with Gasteiger partial charge in [-0.1, -0.05) is 127 Å². The first-order chi connectivity index (χ1) is 29.4. The van der Waals surface area contributed by atoms with Crippen LogP contribution >= 0.6 is 0 Å². The lowest BCUT2D eigenvalue weighted by Gasteiger charge is -2.25. The predicted octanol–water partition coefficient (Wildman–Crippen LogP) is 8.13. The molecule has 2 amide bonds. The Labute approximate surface area is 353 Å². The highest BCUT2D eigenvalue weighted by Gasteiger charge is 2.27. The largest absolute Gasteiger partial charge is 0.489 e. The maximum absolute atomic E-state index is 14.1. The summed E-state index contributed by atoms with van der Waals surface area (Å²) in [5.74, 6) is -0.469. The third kappa shape index (κ3) is 14.6. The molecule has 0 saturated carbocycles. The van der Waals surface area contributed by atoms with Gasteiger partial charge in [-0.3, -0.25) is 14.4 Å². The van der Waals surface area contributed by atoms with E-state index in [9.17, 15) is 19.5 Å². The fourth-order valence-electron chi connectivity index (χ4n) is 7.28. The van der Waals surface area contributed by atoms with Crippen molar-refractivity contribution >= 4 is 17.8 Å². The van der Waals surface area contributed by atoms with E-state index in [0.717, 1.165) is 52.2 Å². The van der Waals surface area contributed by atoms with E-state index in [2.05, 4.69) is 10.6 Å². The van der Waals surface area contributed by atoms with Crippen molar-refractivity contribution in [2.45, 2.75) is 76.7 Å². The number of nitrogens with one attached hydrogen (secondary N) is 2. The second kappa shape index (κ2) is 23.4. The van der Waals surface area contributed by atoms with Crippen LogP contribution in [0.5, 0.6) is 11.5 Å². The molecule has 1 aliphatic heterocycles. The van der Waals surface area contributed by atoms with Crippen molar-refractivity contribution in [1.29, 1.82) is 0 Å². The number of rotatable bonds is 16. The molecule has 0 radical (unpaired) electrons. The summed E-state index contributed by atoms with van der Waals surface area (Å²) in [6, 6.07) is 44.0. The van der Waals surface area contributed by atoms with Crippen LogP contribution in [0.15, 0.2) is 152 Å². The molecule has 5 aromatic carbocycles. The topological polar surface area (TPSA) is 123 Å². The van der Waals surface area contributed by atoms with Crippen LogP contribution in [-0.2, 0) is 51.6 Å². The third-order valence-corrected chi connectivity index (χ3v) is 10.6. The molecule has 5 aromatic rings. The smallest absolute Gasteiger partial charge is 0.309 e. The molecule has 0 aromatic heterocycles. The van der Waals surface area contributed by atoms with Gasteiger partial charge in [-0.25, -0.2) is 0 Å². The zero-order chi connectivity index (χ0) is 41.8. The maximum atomic E-state index is 14.1. The standard InChI is InChI=1S/C51H56N2O7/c54-34-45(31-39-22-26-47(27-23-39)58-35-41-16-8-4-9-17-41)52-49(55)33-43-20-12-1-2-13-21-44(30-38-14-6-3-7-15-38)51(57)60-37-46(53-50(43)56)32-40-24-28-48(29-25-40)59-36-42-18-10-5-11-19-42/h1,3-12,14-19,22-29,43-46,54H,2,13,20-21,30-37H2,(H,52,55)(H,53,56)/t43-,44-,45+,46+/m1/s1. The molecule has 9 heteroatoms. The molecule has 0 saturated heterocycles. The van der Waals surface area contributed by atoms with Crippen LogP contribution < -0.4 is 20.1 Å². The summed E-state index contributed by atoms with van der Waals surface area (Å²) < 4.78 is 17.9. The molecular weight excluding hydrogens is 753 g/mol. The molecule has 0 bridgehead atoms. The molecule has 0 fully saturated rings. The van der Waals surface area contributed by atoms with Gasteiger partial charge in [0, 0.05) is 6.42 Å². The Kier molecular flexibility index (Phi) is 16.9. The number of benzene rings is 5. The minimum absolute atomic E-state index is 0.0143. The van der Waals surface area contributed by atoms with Crippen molar-refractivity contribution in [2.75, 3.05) is 13.2 Å². The average Bonchev–Trinajstić information content (AvgIpc) is 3.28. The van der Waals surface area contributed by atoms with Crippen LogP contribution in [0.3, 0.4) is 0 Å². The van der Waals surface area contributed by atoms with Gasteiger partial charge in [0.25, 0.3) is 0 Å². The fourth-order valence-corrected chi connectivity index (χ4v) is 7.28. The molecule has 6 rings (SSSR count). The Morgan fingerprint density at radius 3 is 1.82 bits per heavy atom. The molecule has 0 aliphatic carbocycles. The third-order valence-electron chi connectivity index (χ3n) is 10.6. The Morgan fingerprint density at radius 2 is 1.23 bits per heavy atom. The van der Waals surface area contributed by atoms with E-state index >= 15 is 0 Å². The molecule has 1 aliphatic rings. The van der Waals surface area contributed by atoms with Crippen LogP contribution in [-0.4, -0.2) is 48.2 Å². The van der Waals surface area contributed by atoms with Gasteiger partial charge in [0.15, 0.2) is 0 Å². The van der Waals surface area contributed by atoms with Crippen LogP contribution in [0.4, 0.5) is 0 Å². The highest BCUT2D eigenvalue weighted by Crippen LogP contribution is 2.22. The van der Waals surface area contributed by atoms with Crippen molar-refractivity contribution in [3.63, 3.8) is 0 Å². The van der Waals surface area contributed by atoms with Crippen molar-refractivity contribution in [2.24, 2.45) is 11.8 Å². The summed E-state index contributed by atoms with van der Waals surface area (Å²) in [5, 5.41) is 16.3. The van der Waals surface area contributed by atoms with Crippen molar-refractivity contribution in [3.05, 3.63) is 179 Å². The molecule has 4 atom stereocenters. The summed E-state index contributed by atoms with van der Waals surface area (Å²) in [7, 11) is 0. The molecule has 0 spiro atoms. The van der Waals surface area contributed by atoms with Gasteiger partial charge in [0.05, 0.1) is 30.5 Å². The lowest BCUT2D eigenvalue weighted by molar-refractivity contribution is -0.150. The average molecular weight is 809 g/mol. The van der Waals surface area contributed by atoms with Gasteiger partial charge in [0.1, 0.15) is 31.3 Å². The summed E-state index contributed by atoms with van der Waals surface area (Å²) in [6.07, 6.45) is 7.84. The first kappa shape index (κ1) is 43.4. The monoisotopic (exact) mass is 808 g/mol. The van der Waals surface area contributed by atoms with Gasteiger partial charge < -0.3 is 30.0 Å². The minimum atomic E-state index is -0.678. The van der Waals surface area contributed by atoms with Crippen LogP contribution in [0, 0.1) is 11.8 Å². The number of hydrogen-bond acceptors (Lipinski definition) is 7. The number of ether oxygens (including phenoxy) is 3. The van der Waals surface area contributed by atoms with Gasteiger partial charge in [-0.2, -0.15) is 0 Å². The summed E-state index contributed by atoms with van der Waals surface area (Å²) in [4.78, 5) is 41.2. The number of aliphatic hydroxyl groups is 1. The van der Waals surface area contributed by atoms with Crippen molar-refractivity contribution < 1.29 is 33.7 Å². The molecule has 1 heterocycles. The van der Waals surface area contributed by atoms with E-state index in [4.69, 9.17) is 14.2 Å². The number of carbonyl (C=O) groups is 3. The number of carbonyl (C=O) groups excluding carboxylic acids is 3. The quantitative estimate of drug-likeness (QED) is 0.0680. The first-order valence-electron chi connectivity index (χ1n) is 21.0. The molecular formula is C51H56N2O7. The van der Waals surface area contributed by atoms with E-state index in [1.54, 1.807) is 0 Å². The van der Waals surface area contributed by atoms with E-state index in [1.165, 1.54) is 0 Å². The summed E-state index contributed by atoms with van der Waals surface area (Å²) in [5.41, 5.74) is 5.07. The Balaban J connectivity index is 1.10. The number of esters is 1. The highest BCUT2D eigenvalue weighted by atomic mass is 16.5. The van der Waals surface area contributed by atoms with Crippen LogP contribution in [0.2, 0.25) is 0 Å². The SMILES string of the molecule is O=C(C[C@H]1CC=CCCC[C@H](Cc2ccccc2)C(=O)OC[C@H](Cc2ccc(OCc3ccccc3)cc2)NC1=O)N[C@H](CO)Cc1ccc(OCc2ccccc2)cc1. The second-order valence-corrected chi connectivity index (χ2v) is 15.5. The molecule has 312 valence electrons. The van der Waals surface area contributed by atoms with Gasteiger partial charge >= 0.3 is 5.97 Å². The van der Waals surface area contributed by atoms with Crippen LogP contribution in [0.1, 0.15) is 59.9 Å². The molecule has 60 heavy (non-hydrogen) atoms. The lowest BCUT2D eigenvalue weighted by atomic mass is 9.93. The fraction of sp³-hybridized carbons (Fsp3) is 0.314. The number of hydrogen-bond donors (Lipinski definition) is 3. The summed E-state index contributed by atoms with van der Waals surface area (Å²) in [6.45, 7) is 0.626. The van der Waals surface area contributed by atoms with Crippen LogP contribution in [0.25, 0.3) is 0 Å². The number of amides is 2. The number of cyclic esters (lactones) is 1. The molecule has 9 nitrogen and oxygen atoms in total. The van der Waals surface area contributed by atoms with Gasteiger partial charge in [-0.05, 0) is 97.0 Å². The zero-order valence-electron chi connectivity index (χ0n) is 34.1. The van der Waals surface area contributed by atoms with Gasteiger partial charge in [-0.15, -0.1) is 0 Å². The van der Waals surface area contributed by atoms with E-state index in [-0.39, 0.29) is 43.3 Å². The minimum Gasteiger partial charge on any atom is -0.489 e. The Morgan fingerprint density at radius 1 is 0.683 bits per heavy atom. The van der Waals surface area contributed by atoms with Crippen molar-refractivity contribution in [3.8, 4) is 11.5 Å². The second-order valence-electron chi connectivity index (χ2n) is 15.5. The highest BCUT2D eigenvalue weighted by molar-refractivity contribution is 5.86. The van der Waals surface area contributed by atoms with E-state index in [0.29, 0.717) is 45.3 Å². The molecule has 0 unspecified atom stereocenters. The maximum Gasteiger partial charge on any atom is 0.309 e. The first-order valence-corrected chi connectivity index (χ1v) is 21.0. The Bertz CT molecular complexity index is 2070. The number of allylic oxidation sites excluding steroid dienone is 2. The Hall–Kier alpha value is -6.19. The number of aliphatic hydroxyl groups excluding tert-OH is 1. The molecule has 3 N–H and O–H groups in total. The van der Waals surface area contributed by atoms with E-state index < -0.39 is 18.0 Å². The normalized spacial score (nSPS) is 18.0. The summed E-state index contributed by atoms with van der Waals surface area (Å²) >= 11 is 0. The zero-order valence-corrected chi connectivity index (χ0v) is 34.1. The lowest BCUT2D eigenvalue weighted by Crippen LogP contribution is -2.45.